The number of alkyl halides is 3. The first-order valence-electron chi connectivity index (χ1n) is 5.65. The normalized spacial score (nSPS) is 11.7. The predicted octanol–water partition coefficient (Wildman–Crippen LogP) is 3.28. The van der Waals surface area contributed by atoms with E-state index >= 15 is 0 Å². The number of aromatic nitrogens is 2. The number of hydrogen-bond acceptors (Lipinski definition) is 3. The molecule has 0 atom stereocenters. The van der Waals surface area contributed by atoms with Gasteiger partial charge in [-0.2, -0.15) is 13.2 Å². The fourth-order valence-electron chi connectivity index (χ4n) is 1.67. The van der Waals surface area contributed by atoms with Gasteiger partial charge in [-0.3, -0.25) is 9.36 Å². The van der Waals surface area contributed by atoms with Gasteiger partial charge in [-0.25, -0.2) is 4.98 Å². The summed E-state index contributed by atoms with van der Waals surface area (Å²) in [5.41, 5.74) is -0.436. The topological polar surface area (TPSA) is 34.9 Å². The average Bonchev–Trinajstić information content (AvgIpc) is 2.38. The SMILES string of the molecule is CSc1nc(C(F)(F)F)cc(=O)n1-c1ccc(C)cc1. The van der Waals surface area contributed by atoms with Gasteiger partial charge in [-0.05, 0) is 25.3 Å². The Morgan fingerprint density at radius 1 is 1.20 bits per heavy atom. The average molecular weight is 300 g/mol. The molecule has 0 unspecified atom stereocenters. The van der Waals surface area contributed by atoms with E-state index in [9.17, 15) is 18.0 Å². The van der Waals surface area contributed by atoms with Crippen LogP contribution in [0.25, 0.3) is 5.69 Å². The smallest absolute Gasteiger partial charge is 0.269 e. The Labute approximate surface area is 117 Å². The summed E-state index contributed by atoms with van der Waals surface area (Å²) in [6.45, 7) is 1.88. The van der Waals surface area contributed by atoms with Crippen LogP contribution in [0.15, 0.2) is 40.3 Å². The second-order valence-corrected chi connectivity index (χ2v) is 4.91. The lowest BCUT2D eigenvalue weighted by Crippen LogP contribution is -2.24. The van der Waals surface area contributed by atoms with Crippen molar-refractivity contribution in [2.45, 2.75) is 18.3 Å². The standard InChI is InChI=1S/C13H11F3N2OS/c1-8-3-5-9(6-4-8)18-11(19)7-10(13(14,15)16)17-12(18)20-2/h3-7H,1-2H3. The van der Waals surface area contributed by atoms with Crippen LogP contribution in [-0.4, -0.2) is 15.8 Å². The Balaban J connectivity index is 2.65. The summed E-state index contributed by atoms with van der Waals surface area (Å²) in [5, 5.41) is 0.00804. The fraction of sp³-hybridized carbons (Fsp3) is 0.231. The van der Waals surface area contributed by atoms with Crippen LogP contribution in [0.5, 0.6) is 0 Å². The van der Waals surface area contributed by atoms with Gasteiger partial charge < -0.3 is 0 Å². The van der Waals surface area contributed by atoms with E-state index in [1.54, 1.807) is 30.5 Å². The van der Waals surface area contributed by atoms with E-state index in [1.165, 1.54) is 4.57 Å². The third-order valence-corrected chi connectivity index (χ3v) is 3.29. The molecular weight excluding hydrogens is 289 g/mol. The van der Waals surface area contributed by atoms with Gasteiger partial charge in [-0.15, -0.1) is 0 Å². The maximum atomic E-state index is 12.7. The van der Waals surface area contributed by atoms with Crippen LogP contribution in [0.2, 0.25) is 0 Å². The first-order chi connectivity index (χ1) is 9.32. The lowest BCUT2D eigenvalue weighted by molar-refractivity contribution is -0.141. The highest BCUT2D eigenvalue weighted by Crippen LogP contribution is 2.28. The minimum Gasteiger partial charge on any atom is -0.269 e. The molecule has 0 fully saturated rings. The third kappa shape index (κ3) is 2.87. The molecule has 0 saturated heterocycles. The molecule has 0 amide bonds. The second-order valence-electron chi connectivity index (χ2n) is 4.14. The molecule has 20 heavy (non-hydrogen) atoms. The summed E-state index contributed by atoms with van der Waals surface area (Å²) in [6.07, 6.45) is -3.05. The Morgan fingerprint density at radius 3 is 2.30 bits per heavy atom. The Kier molecular flexibility index (Phi) is 3.89. The maximum Gasteiger partial charge on any atom is 0.433 e. The molecule has 7 heteroatoms. The summed E-state index contributed by atoms with van der Waals surface area (Å²) >= 11 is 0.991. The molecule has 0 aliphatic carbocycles. The Hall–Kier alpha value is -1.76. The summed E-state index contributed by atoms with van der Waals surface area (Å²) in [6, 6.07) is 7.42. The zero-order valence-electron chi connectivity index (χ0n) is 10.7. The lowest BCUT2D eigenvalue weighted by atomic mass is 10.2. The van der Waals surface area contributed by atoms with Gasteiger partial charge in [0.15, 0.2) is 10.9 Å². The van der Waals surface area contributed by atoms with E-state index < -0.39 is 17.4 Å². The molecule has 0 saturated carbocycles. The fourth-order valence-corrected chi connectivity index (χ4v) is 2.24. The monoisotopic (exact) mass is 300 g/mol. The highest BCUT2D eigenvalue weighted by molar-refractivity contribution is 7.98. The van der Waals surface area contributed by atoms with Crippen LogP contribution in [0.4, 0.5) is 13.2 Å². The molecule has 3 nitrogen and oxygen atoms in total. The van der Waals surface area contributed by atoms with Gasteiger partial charge in [0.25, 0.3) is 5.56 Å². The van der Waals surface area contributed by atoms with E-state index in [2.05, 4.69) is 4.98 Å². The number of benzene rings is 1. The zero-order chi connectivity index (χ0) is 14.9. The van der Waals surface area contributed by atoms with Crippen LogP contribution >= 0.6 is 11.8 Å². The number of rotatable bonds is 2. The molecule has 1 heterocycles. The number of halogens is 3. The largest absolute Gasteiger partial charge is 0.433 e. The number of nitrogens with zero attached hydrogens (tertiary/aromatic N) is 2. The van der Waals surface area contributed by atoms with Gasteiger partial charge in [-0.1, -0.05) is 29.5 Å². The second kappa shape index (κ2) is 5.32. The van der Waals surface area contributed by atoms with Crippen LogP contribution in [0.1, 0.15) is 11.3 Å². The van der Waals surface area contributed by atoms with E-state index in [-0.39, 0.29) is 5.16 Å². The van der Waals surface area contributed by atoms with Crippen molar-refractivity contribution in [3.63, 3.8) is 0 Å². The summed E-state index contributed by atoms with van der Waals surface area (Å²) < 4.78 is 39.1. The lowest BCUT2D eigenvalue weighted by Gasteiger charge is -2.13. The van der Waals surface area contributed by atoms with Crippen LogP contribution < -0.4 is 5.56 Å². The van der Waals surface area contributed by atoms with Crippen LogP contribution in [0.3, 0.4) is 0 Å². The van der Waals surface area contributed by atoms with Crippen molar-refractivity contribution in [3.05, 3.63) is 51.9 Å². The molecular formula is C13H11F3N2OS. The van der Waals surface area contributed by atoms with Gasteiger partial charge in [0.05, 0.1) is 5.69 Å². The molecule has 2 aromatic rings. The zero-order valence-corrected chi connectivity index (χ0v) is 11.5. The first-order valence-corrected chi connectivity index (χ1v) is 6.87. The maximum absolute atomic E-state index is 12.7. The van der Waals surface area contributed by atoms with E-state index in [1.807, 2.05) is 6.92 Å². The summed E-state index contributed by atoms with van der Waals surface area (Å²) in [7, 11) is 0. The third-order valence-electron chi connectivity index (χ3n) is 2.65. The van der Waals surface area contributed by atoms with E-state index in [0.717, 1.165) is 17.3 Å². The molecule has 2 rings (SSSR count). The van der Waals surface area contributed by atoms with Crippen molar-refractivity contribution in [2.75, 3.05) is 6.26 Å². The first kappa shape index (κ1) is 14.6. The number of hydrogen-bond donors (Lipinski definition) is 0. The molecule has 0 spiro atoms. The molecule has 0 radical (unpaired) electrons. The minimum absolute atomic E-state index is 0.00804. The minimum atomic E-state index is -4.63. The molecule has 0 bridgehead atoms. The molecule has 1 aromatic heterocycles. The van der Waals surface area contributed by atoms with E-state index in [4.69, 9.17) is 0 Å². The molecule has 0 aliphatic rings. The van der Waals surface area contributed by atoms with Crippen LogP contribution in [0, 0.1) is 6.92 Å². The van der Waals surface area contributed by atoms with Gasteiger partial charge in [0.2, 0.25) is 0 Å². The van der Waals surface area contributed by atoms with E-state index in [0.29, 0.717) is 11.8 Å². The number of aryl methyl sites for hydroxylation is 1. The predicted molar refractivity (Wildman–Crippen MR) is 71.4 cm³/mol. The highest BCUT2D eigenvalue weighted by atomic mass is 32.2. The van der Waals surface area contributed by atoms with Gasteiger partial charge in [0, 0.05) is 6.07 Å². The summed E-state index contributed by atoms with van der Waals surface area (Å²) in [4.78, 5) is 15.5. The van der Waals surface area contributed by atoms with Crippen molar-refractivity contribution < 1.29 is 13.2 Å². The molecule has 106 valence electrons. The van der Waals surface area contributed by atoms with Crippen LogP contribution in [-0.2, 0) is 6.18 Å². The van der Waals surface area contributed by atoms with Crippen molar-refractivity contribution in [1.29, 1.82) is 0 Å². The summed E-state index contributed by atoms with van der Waals surface area (Å²) in [5.74, 6) is 0. The molecule has 1 aromatic carbocycles. The highest BCUT2D eigenvalue weighted by Gasteiger charge is 2.34. The van der Waals surface area contributed by atoms with Crippen molar-refractivity contribution in [2.24, 2.45) is 0 Å². The molecule has 0 N–H and O–H groups in total. The van der Waals surface area contributed by atoms with Crippen molar-refractivity contribution >= 4 is 11.8 Å². The van der Waals surface area contributed by atoms with Gasteiger partial charge >= 0.3 is 6.18 Å². The van der Waals surface area contributed by atoms with Gasteiger partial charge in [0.1, 0.15) is 0 Å². The Morgan fingerprint density at radius 2 is 1.80 bits per heavy atom. The number of thioether (sulfide) groups is 1. The molecule has 0 aliphatic heterocycles. The Bertz CT molecular complexity index is 677. The quantitative estimate of drug-likeness (QED) is 0.630. The van der Waals surface area contributed by atoms with Crippen molar-refractivity contribution in [1.82, 2.24) is 9.55 Å². The van der Waals surface area contributed by atoms with Crippen molar-refractivity contribution in [3.8, 4) is 5.69 Å².